The molecule has 26 heavy (non-hydrogen) atoms. The van der Waals surface area contributed by atoms with Gasteiger partial charge in [0.05, 0.1) is 5.56 Å². The Kier molecular flexibility index (Phi) is 6.35. The average Bonchev–Trinajstić information content (AvgIpc) is 2.70. The van der Waals surface area contributed by atoms with Gasteiger partial charge in [-0.15, -0.1) is 0 Å². The van der Waals surface area contributed by atoms with Crippen LogP contribution in [0.5, 0.6) is 0 Å². The molecular formula is C23H21O2P. The van der Waals surface area contributed by atoms with Gasteiger partial charge in [-0.25, -0.2) is 4.79 Å². The van der Waals surface area contributed by atoms with Gasteiger partial charge in [0.15, 0.2) is 0 Å². The third-order valence-electron chi connectivity index (χ3n) is 3.94. The van der Waals surface area contributed by atoms with Crippen LogP contribution >= 0.6 is 7.92 Å². The van der Waals surface area contributed by atoms with Gasteiger partial charge in [-0.05, 0) is 36.8 Å². The van der Waals surface area contributed by atoms with E-state index in [0.717, 1.165) is 5.30 Å². The van der Waals surface area contributed by atoms with E-state index in [0.29, 0.717) is 5.56 Å². The average molecular weight is 360 g/mol. The van der Waals surface area contributed by atoms with Gasteiger partial charge >= 0.3 is 5.97 Å². The molecule has 0 aliphatic heterocycles. The molecule has 3 aromatic rings. The van der Waals surface area contributed by atoms with Crippen LogP contribution < -0.4 is 15.9 Å². The first-order valence-corrected chi connectivity index (χ1v) is 9.93. The number of benzene rings is 3. The molecule has 0 aromatic heterocycles. The molecule has 0 radical (unpaired) electrons. The predicted molar refractivity (Wildman–Crippen MR) is 110 cm³/mol. The minimum Gasteiger partial charge on any atom is -0.458 e. The molecule has 0 spiro atoms. The van der Waals surface area contributed by atoms with Crippen molar-refractivity contribution in [1.82, 2.24) is 0 Å². The van der Waals surface area contributed by atoms with E-state index in [4.69, 9.17) is 4.74 Å². The largest absolute Gasteiger partial charge is 0.458 e. The molecular weight excluding hydrogens is 339 g/mol. The molecule has 130 valence electrons. The van der Waals surface area contributed by atoms with Crippen molar-refractivity contribution in [2.75, 3.05) is 6.61 Å². The molecule has 0 amide bonds. The van der Waals surface area contributed by atoms with Gasteiger partial charge in [0.1, 0.15) is 6.61 Å². The fourth-order valence-electron chi connectivity index (χ4n) is 2.72. The summed E-state index contributed by atoms with van der Waals surface area (Å²) >= 11 is 0. The lowest BCUT2D eigenvalue weighted by atomic mass is 10.2. The number of hydrogen-bond donors (Lipinski definition) is 0. The molecule has 3 rings (SSSR count). The minimum atomic E-state index is -0.837. The molecule has 0 fully saturated rings. The van der Waals surface area contributed by atoms with Crippen molar-refractivity contribution in [2.45, 2.75) is 6.92 Å². The van der Waals surface area contributed by atoms with Gasteiger partial charge in [0.25, 0.3) is 0 Å². The molecule has 3 aromatic carbocycles. The second kappa shape index (κ2) is 9.12. The minimum absolute atomic E-state index is 0.280. The topological polar surface area (TPSA) is 26.3 Å². The molecule has 0 atom stereocenters. The van der Waals surface area contributed by atoms with E-state index in [1.165, 1.54) is 10.6 Å². The van der Waals surface area contributed by atoms with Crippen molar-refractivity contribution < 1.29 is 9.53 Å². The van der Waals surface area contributed by atoms with Gasteiger partial charge in [-0.2, -0.15) is 0 Å². The van der Waals surface area contributed by atoms with E-state index in [9.17, 15) is 4.79 Å². The van der Waals surface area contributed by atoms with Gasteiger partial charge in [-0.1, -0.05) is 91.0 Å². The third kappa shape index (κ3) is 4.28. The lowest BCUT2D eigenvalue weighted by Crippen LogP contribution is -2.25. The zero-order valence-electron chi connectivity index (χ0n) is 14.7. The van der Waals surface area contributed by atoms with E-state index in [1.54, 1.807) is 0 Å². The summed E-state index contributed by atoms with van der Waals surface area (Å²) in [5.74, 6) is -0.280. The number of rotatable bonds is 6. The van der Waals surface area contributed by atoms with Crippen molar-refractivity contribution in [3.63, 3.8) is 0 Å². The Labute approximate surface area is 155 Å². The highest BCUT2D eigenvalue weighted by Crippen LogP contribution is 2.34. The molecule has 0 bridgehead atoms. The highest BCUT2D eigenvalue weighted by atomic mass is 31.1. The summed E-state index contributed by atoms with van der Waals surface area (Å²) in [4.78, 5) is 12.7. The molecule has 3 heteroatoms. The van der Waals surface area contributed by atoms with Crippen LogP contribution in [0, 0.1) is 0 Å². The van der Waals surface area contributed by atoms with E-state index < -0.39 is 7.92 Å². The van der Waals surface area contributed by atoms with E-state index >= 15 is 0 Å². The number of esters is 1. The van der Waals surface area contributed by atoms with Crippen LogP contribution in [0.4, 0.5) is 0 Å². The van der Waals surface area contributed by atoms with Crippen molar-refractivity contribution >= 4 is 29.8 Å². The SMILES string of the molecule is C/C=C/COC(=O)c1ccccc1P(c1ccccc1)c1ccccc1. The number of carbonyl (C=O) groups excluding carboxylic acids is 1. The second-order valence-electron chi connectivity index (χ2n) is 5.69. The quantitative estimate of drug-likeness (QED) is 0.375. The number of hydrogen-bond acceptors (Lipinski definition) is 2. The monoisotopic (exact) mass is 360 g/mol. The van der Waals surface area contributed by atoms with Crippen molar-refractivity contribution in [1.29, 1.82) is 0 Å². The van der Waals surface area contributed by atoms with Crippen molar-refractivity contribution in [2.24, 2.45) is 0 Å². The summed E-state index contributed by atoms with van der Waals surface area (Å²) < 4.78 is 5.42. The molecule has 0 unspecified atom stereocenters. The predicted octanol–water partition coefficient (Wildman–Crippen LogP) is 4.18. The van der Waals surface area contributed by atoms with Crippen LogP contribution in [0.1, 0.15) is 17.3 Å². The summed E-state index contributed by atoms with van der Waals surface area (Å²) in [7, 11) is -0.837. The zero-order chi connectivity index (χ0) is 18.2. The fraction of sp³-hybridized carbons (Fsp3) is 0.0870. The van der Waals surface area contributed by atoms with Crippen molar-refractivity contribution in [3.05, 3.63) is 103 Å². The Hall–Kier alpha value is -2.70. The van der Waals surface area contributed by atoms with E-state index in [-0.39, 0.29) is 12.6 Å². The van der Waals surface area contributed by atoms with Gasteiger partial charge in [-0.3, -0.25) is 0 Å². The number of ether oxygens (including phenoxy) is 1. The van der Waals surface area contributed by atoms with E-state index in [1.807, 2.05) is 79.7 Å². The summed E-state index contributed by atoms with van der Waals surface area (Å²) in [6.45, 7) is 2.20. The van der Waals surface area contributed by atoms with Gasteiger partial charge in [0, 0.05) is 0 Å². The summed E-state index contributed by atoms with van der Waals surface area (Å²) in [5, 5.41) is 3.44. The van der Waals surface area contributed by atoms with Gasteiger partial charge in [0.2, 0.25) is 0 Å². The van der Waals surface area contributed by atoms with Crippen LogP contribution in [-0.4, -0.2) is 12.6 Å². The third-order valence-corrected chi connectivity index (χ3v) is 6.44. The maximum absolute atomic E-state index is 12.7. The number of allylic oxidation sites excluding steroid dienone is 1. The molecule has 0 aliphatic carbocycles. The van der Waals surface area contributed by atoms with Crippen LogP contribution in [0.2, 0.25) is 0 Å². The summed E-state index contributed by atoms with van der Waals surface area (Å²) in [6, 6.07) is 28.5. The highest BCUT2D eigenvalue weighted by Gasteiger charge is 2.22. The summed E-state index contributed by atoms with van der Waals surface area (Å²) in [5.41, 5.74) is 0.635. The first-order valence-electron chi connectivity index (χ1n) is 8.59. The molecule has 0 saturated heterocycles. The van der Waals surface area contributed by atoms with Crippen molar-refractivity contribution in [3.8, 4) is 0 Å². The fourth-order valence-corrected chi connectivity index (χ4v) is 5.16. The van der Waals surface area contributed by atoms with Crippen LogP contribution in [-0.2, 0) is 4.74 Å². The Balaban J connectivity index is 2.07. The maximum Gasteiger partial charge on any atom is 0.339 e. The second-order valence-corrected chi connectivity index (χ2v) is 7.88. The zero-order valence-corrected chi connectivity index (χ0v) is 15.6. The molecule has 0 saturated carbocycles. The van der Waals surface area contributed by atoms with Crippen LogP contribution in [0.3, 0.4) is 0 Å². The number of carbonyl (C=O) groups is 1. The Morgan fingerprint density at radius 1 is 0.846 bits per heavy atom. The Morgan fingerprint density at radius 3 is 1.96 bits per heavy atom. The Morgan fingerprint density at radius 2 is 1.38 bits per heavy atom. The first kappa shape index (κ1) is 18.1. The molecule has 0 N–H and O–H groups in total. The van der Waals surface area contributed by atoms with Gasteiger partial charge < -0.3 is 4.74 Å². The summed E-state index contributed by atoms with van der Waals surface area (Å²) in [6.07, 6.45) is 3.71. The van der Waals surface area contributed by atoms with Crippen LogP contribution in [0.25, 0.3) is 0 Å². The standard InChI is InChI=1S/C23H21O2P/c1-2-3-18-25-23(24)21-16-10-11-17-22(21)26(19-12-6-4-7-13-19)20-14-8-5-9-15-20/h2-17H,18H2,1H3/b3-2+. The lowest BCUT2D eigenvalue weighted by Gasteiger charge is -2.21. The first-order chi connectivity index (χ1) is 12.8. The molecule has 0 aliphatic rings. The highest BCUT2D eigenvalue weighted by molar-refractivity contribution is 7.80. The van der Waals surface area contributed by atoms with Crippen LogP contribution in [0.15, 0.2) is 97.1 Å². The van der Waals surface area contributed by atoms with E-state index in [2.05, 4.69) is 24.3 Å². The molecule has 0 heterocycles. The smallest absolute Gasteiger partial charge is 0.339 e. The maximum atomic E-state index is 12.7. The molecule has 2 nitrogen and oxygen atoms in total. The normalized spacial score (nSPS) is 11.0. The Bertz CT molecular complexity index is 833. The lowest BCUT2D eigenvalue weighted by molar-refractivity contribution is 0.0551.